The molecule has 4 aromatic heterocycles. The first-order valence-corrected chi connectivity index (χ1v) is 11.2. The van der Waals surface area contributed by atoms with Gasteiger partial charge in [-0.05, 0) is 18.6 Å². The Hall–Kier alpha value is -4.53. The number of rotatable bonds is 5. The number of nitrogens with one attached hydrogen (secondary N) is 1. The van der Waals surface area contributed by atoms with Crippen molar-refractivity contribution in [3.63, 3.8) is 0 Å². The summed E-state index contributed by atoms with van der Waals surface area (Å²) in [6.45, 7) is 5.74. The number of carbonyl (C=O) groups is 1. The van der Waals surface area contributed by atoms with Gasteiger partial charge in [0.1, 0.15) is 6.07 Å². The van der Waals surface area contributed by atoms with Crippen LogP contribution in [0.25, 0.3) is 16.9 Å². The van der Waals surface area contributed by atoms with Gasteiger partial charge < -0.3 is 16.0 Å². The van der Waals surface area contributed by atoms with Crippen LogP contribution < -0.4 is 16.0 Å². The first-order valence-electron chi connectivity index (χ1n) is 11.2. The number of aromatic nitrogens is 7. The molecule has 1 amide bonds. The molecule has 0 aliphatic carbocycles. The number of aryl methyl sites for hydroxylation is 1. The number of hydrogen-bond donors (Lipinski definition) is 2. The summed E-state index contributed by atoms with van der Waals surface area (Å²) in [5, 5.41) is 29.3. The quantitative estimate of drug-likeness (QED) is 0.441. The molecular formula is C23H25N11O. The molecule has 5 heterocycles. The number of imidazole rings is 1. The average molecular weight is 472 g/mol. The summed E-state index contributed by atoms with van der Waals surface area (Å²) < 4.78 is 3.35. The average Bonchev–Trinajstić information content (AvgIpc) is 3.46. The van der Waals surface area contributed by atoms with Crippen LogP contribution in [0.3, 0.4) is 0 Å². The maximum Gasteiger partial charge on any atom is 0.252 e. The molecule has 1 aliphatic heterocycles. The van der Waals surface area contributed by atoms with Gasteiger partial charge in [0.15, 0.2) is 17.2 Å². The molecule has 1 atom stereocenters. The zero-order valence-electron chi connectivity index (χ0n) is 19.7. The van der Waals surface area contributed by atoms with E-state index < -0.39 is 5.91 Å². The van der Waals surface area contributed by atoms with E-state index in [-0.39, 0.29) is 22.7 Å². The normalized spacial score (nSPS) is 17.3. The van der Waals surface area contributed by atoms with Gasteiger partial charge in [-0.2, -0.15) is 15.5 Å². The number of fused-ring (bicyclic) bond motifs is 1. The Balaban J connectivity index is 1.46. The molecule has 1 fully saturated rings. The molecule has 5 rings (SSSR count). The smallest absolute Gasteiger partial charge is 0.252 e. The summed E-state index contributed by atoms with van der Waals surface area (Å²) in [5.41, 5.74) is 8.71. The standard InChI is InChI=1S/C23H25N11O/c1-23(2)13-33(19-5-4-15(8-24)30-31-19)7-6-18(23)29-20-16(21(25)35)10-27-34-12-17(28-22(20)34)14-9-26-32(3)11-14/h4-5,9-12,18,29H,6-7,13H2,1-3H3,(H2,25,35)/t18-/m1/s1. The van der Waals surface area contributed by atoms with E-state index >= 15 is 0 Å². The third kappa shape index (κ3) is 4.12. The van der Waals surface area contributed by atoms with Crippen LogP contribution in [0, 0.1) is 16.7 Å². The summed E-state index contributed by atoms with van der Waals surface area (Å²) in [5.74, 6) is 0.158. The molecule has 1 saturated heterocycles. The molecule has 0 spiro atoms. The number of piperidine rings is 1. The van der Waals surface area contributed by atoms with Crippen LogP contribution in [0.15, 0.2) is 36.9 Å². The number of hydrogen-bond acceptors (Lipinski definition) is 9. The van der Waals surface area contributed by atoms with Gasteiger partial charge in [-0.15, -0.1) is 10.2 Å². The predicted octanol–water partition coefficient (Wildman–Crippen LogP) is 1.61. The number of nitrogens with zero attached hydrogens (tertiary/aromatic N) is 9. The number of primary amides is 1. The lowest BCUT2D eigenvalue weighted by Gasteiger charge is -2.45. The minimum atomic E-state index is -0.573. The van der Waals surface area contributed by atoms with Crippen LogP contribution in [0.1, 0.15) is 36.3 Å². The Labute approximate surface area is 201 Å². The molecule has 0 saturated carbocycles. The van der Waals surface area contributed by atoms with E-state index in [9.17, 15) is 4.79 Å². The van der Waals surface area contributed by atoms with Crippen molar-refractivity contribution < 1.29 is 4.79 Å². The Morgan fingerprint density at radius 3 is 2.69 bits per heavy atom. The Morgan fingerprint density at radius 2 is 2.06 bits per heavy atom. The molecule has 12 heteroatoms. The van der Waals surface area contributed by atoms with E-state index in [1.165, 1.54) is 6.20 Å². The van der Waals surface area contributed by atoms with Crippen LogP contribution in [-0.2, 0) is 7.05 Å². The molecular weight excluding hydrogens is 446 g/mol. The second kappa shape index (κ2) is 8.35. The van der Waals surface area contributed by atoms with Gasteiger partial charge in [-0.3, -0.25) is 9.48 Å². The molecule has 178 valence electrons. The van der Waals surface area contributed by atoms with Crippen LogP contribution in [-0.4, -0.2) is 59.6 Å². The number of amides is 1. The fourth-order valence-corrected chi connectivity index (χ4v) is 4.50. The van der Waals surface area contributed by atoms with Gasteiger partial charge >= 0.3 is 0 Å². The van der Waals surface area contributed by atoms with Crippen molar-refractivity contribution in [3.8, 4) is 17.3 Å². The minimum Gasteiger partial charge on any atom is -0.378 e. The minimum absolute atomic E-state index is 0.0212. The highest BCUT2D eigenvalue weighted by Crippen LogP contribution is 2.35. The highest BCUT2D eigenvalue weighted by atomic mass is 16.1. The van der Waals surface area contributed by atoms with Gasteiger partial charge in [-0.1, -0.05) is 13.8 Å². The molecule has 0 bridgehead atoms. The third-order valence-corrected chi connectivity index (χ3v) is 6.40. The van der Waals surface area contributed by atoms with Crippen molar-refractivity contribution >= 4 is 23.1 Å². The number of anilines is 2. The monoisotopic (exact) mass is 471 g/mol. The predicted molar refractivity (Wildman–Crippen MR) is 128 cm³/mol. The topological polar surface area (TPSA) is 156 Å². The summed E-state index contributed by atoms with van der Waals surface area (Å²) in [6, 6.07) is 5.50. The first-order chi connectivity index (χ1) is 16.7. The third-order valence-electron chi connectivity index (χ3n) is 6.40. The molecule has 1 aliphatic rings. The van der Waals surface area contributed by atoms with E-state index in [2.05, 4.69) is 44.5 Å². The lowest BCUT2D eigenvalue weighted by molar-refractivity contribution is 0.100. The van der Waals surface area contributed by atoms with Crippen molar-refractivity contribution in [1.82, 2.24) is 34.6 Å². The maximum atomic E-state index is 12.3. The van der Waals surface area contributed by atoms with Gasteiger partial charge in [0.05, 0.1) is 35.5 Å². The van der Waals surface area contributed by atoms with Crippen molar-refractivity contribution in [2.24, 2.45) is 18.2 Å². The lowest BCUT2D eigenvalue weighted by atomic mass is 9.79. The number of nitriles is 1. The molecule has 4 aromatic rings. The second-order valence-corrected chi connectivity index (χ2v) is 9.38. The van der Waals surface area contributed by atoms with E-state index in [0.29, 0.717) is 23.6 Å². The fraction of sp³-hybridized carbons (Fsp3) is 0.348. The lowest BCUT2D eigenvalue weighted by Crippen LogP contribution is -2.52. The summed E-state index contributed by atoms with van der Waals surface area (Å²) in [7, 11) is 1.84. The van der Waals surface area contributed by atoms with Crippen LogP contribution in [0.4, 0.5) is 11.5 Å². The van der Waals surface area contributed by atoms with Gasteiger partial charge in [0.2, 0.25) is 0 Å². The maximum absolute atomic E-state index is 12.3. The van der Waals surface area contributed by atoms with E-state index in [0.717, 1.165) is 24.3 Å². The molecule has 35 heavy (non-hydrogen) atoms. The zero-order chi connectivity index (χ0) is 24.7. The van der Waals surface area contributed by atoms with E-state index in [1.807, 2.05) is 25.4 Å². The van der Waals surface area contributed by atoms with Crippen LogP contribution >= 0.6 is 0 Å². The van der Waals surface area contributed by atoms with Gasteiger partial charge in [-0.25, -0.2) is 9.50 Å². The largest absolute Gasteiger partial charge is 0.378 e. The molecule has 12 nitrogen and oxygen atoms in total. The van der Waals surface area contributed by atoms with Gasteiger partial charge in [0.25, 0.3) is 5.91 Å². The van der Waals surface area contributed by atoms with Crippen molar-refractivity contribution in [2.45, 2.75) is 26.3 Å². The zero-order valence-corrected chi connectivity index (χ0v) is 19.7. The molecule has 0 radical (unpaired) electrons. The van der Waals surface area contributed by atoms with E-state index in [4.69, 9.17) is 16.0 Å². The van der Waals surface area contributed by atoms with Crippen molar-refractivity contribution in [1.29, 1.82) is 5.26 Å². The molecule has 3 N–H and O–H groups in total. The van der Waals surface area contributed by atoms with E-state index in [1.54, 1.807) is 27.7 Å². The second-order valence-electron chi connectivity index (χ2n) is 9.38. The van der Waals surface area contributed by atoms with Crippen molar-refractivity contribution in [3.05, 3.63) is 48.2 Å². The molecule has 0 aromatic carbocycles. The fourth-order valence-electron chi connectivity index (χ4n) is 4.50. The first kappa shape index (κ1) is 22.3. The van der Waals surface area contributed by atoms with Gasteiger partial charge in [0, 0.05) is 43.4 Å². The number of nitrogens with two attached hydrogens (primary N) is 1. The van der Waals surface area contributed by atoms with Crippen LogP contribution in [0.5, 0.6) is 0 Å². The Kier molecular flexibility index (Phi) is 5.32. The highest BCUT2D eigenvalue weighted by molar-refractivity contribution is 6.01. The Morgan fingerprint density at radius 1 is 1.23 bits per heavy atom. The molecule has 0 unspecified atom stereocenters. The Bertz CT molecular complexity index is 1440. The summed E-state index contributed by atoms with van der Waals surface area (Å²) >= 11 is 0. The number of carbonyl (C=O) groups excluding carboxylic acids is 1. The SMILES string of the molecule is Cn1cc(-c2cn3ncc(C(N)=O)c(N[C@@H]4CCN(c5ccc(C#N)nn5)CC4(C)C)c3n2)cn1. The highest BCUT2D eigenvalue weighted by Gasteiger charge is 2.37. The summed E-state index contributed by atoms with van der Waals surface area (Å²) in [4.78, 5) is 19.2. The summed E-state index contributed by atoms with van der Waals surface area (Å²) in [6.07, 6.45) is 7.65. The van der Waals surface area contributed by atoms with Crippen LogP contribution in [0.2, 0.25) is 0 Å². The van der Waals surface area contributed by atoms with Crippen molar-refractivity contribution in [2.75, 3.05) is 23.3 Å².